The average Bonchev–Trinajstić information content (AvgIpc) is 2.60. The van der Waals surface area contributed by atoms with Gasteiger partial charge < -0.3 is 10.6 Å². The second-order valence-corrected chi connectivity index (χ2v) is 6.65. The first kappa shape index (κ1) is 15.3. The van der Waals surface area contributed by atoms with Gasteiger partial charge in [-0.1, -0.05) is 29.8 Å². The number of carbonyl (C=O) groups excluding carboxylic acids is 2. The Bertz CT molecular complexity index is 764. The fourth-order valence-electron chi connectivity index (χ4n) is 2.36. The third-order valence-corrected chi connectivity index (χ3v) is 4.53. The minimum atomic E-state index is -0.655. The van der Waals surface area contributed by atoms with Crippen molar-refractivity contribution in [2.45, 2.75) is 12.5 Å². The van der Waals surface area contributed by atoms with Crippen LogP contribution in [0.15, 0.2) is 42.5 Å². The molecule has 112 valence electrons. The number of amides is 2. The van der Waals surface area contributed by atoms with E-state index in [9.17, 15) is 9.59 Å². The first-order valence-electron chi connectivity index (χ1n) is 6.69. The molecule has 0 bridgehead atoms. The molecular weight excluding hydrogens is 415 g/mol. The highest BCUT2D eigenvalue weighted by Gasteiger charge is 2.28. The summed E-state index contributed by atoms with van der Waals surface area (Å²) >= 11 is 8.26. The molecule has 0 fully saturated rings. The lowest BCUT2D eigenvalue weighted by molar-refractivity contribution is -0.117. The Hall–Kier alpha value is -1.60. The standard InChI is InChI=1S/C16H12ClIN2O2/c17-12-4-2-1-3-9(12)7-14-16(22)19-13-6-5-10(18)8-11(13)15(21)20-14/h1-6,8,14H,7H2,(H,19,22)(H,20,21). The fourth-order valence-corrected chi connectivity index (χ4v) is 3.07. The van der Waals surface area contributed by atoms with Crippen molar-refractivity contribution in [3.63, 3.8) is 0 Å². The van der Waals surface area contributed by atoms with Crippen molar-refractivity contribution in [1.29, 1.82) is 0 Å². The van der Waals surface area contributed by atoms with E-state index in [1.807, 2.05) is 24.3 Å². The van der Waals surface area contributed by atoms with Crippen molar-refractivity contribution in [2.75, 3.05) is 5.32 Å². The number of hydrogen-bond acceptors (Lipinski definition) is 2. The van der Waals surface area contributed by atoms with Gasteiger partial charge in [-0.2, -0.15) is 0 Å². The number of carbonyl (C=O) groups is 2. The van der Waals surface area contributed by atoms with Crippen LogP contribution >= 0.6 is 34.2 Å². The molecule has 1 heterocycles. The molecule has 2 aromatic rings. The van der Waals surface area contributed by atoms with E-state index in [-0.39, 0.29) is 11.8 Å². The first-order valence-corrected chi connectivity index (χ1v) is 8.15. The van der Waals surface area contributed by atoms with Crippen molar-refractivity contribution in [3.05, 3.63) is 62.2 Å². The van der Waals surface area contributed by atoms with E-state index < -0.39 is 6.04 Å². The van der Waals surface area contributed by atoms with Crippen LogP contribution < -0.4 is 10.6 Å². The predicted octanol–water partition coefficient (Wildman–Crippen LogP) is 3.24. The fraction of sp³-hybridized carbons (Fsp3) is 0.125. The van der Waals surface area contributed by atoms with Crippen molar-refractivity contribution in [2.24, 2.45) is 0 Å². The number of nitrogens with one attached hydrogen (secondary N) is 2. The van der Waals surface area contributed by atoms with Gasteiger partial charge in [-0.05, 0) is 52.4 Å². The molecule has 3 rings (SSSR count). The van der Waals surface area contributed by atoms with E-state index in [1.165, 1.54) is 0 Å². The summed E-state index contributed by atoms with van der Waals surface area (Å²) in [5, 5.41) is 6.16. The second kappa shape index (κ2) is 6.26. The molecular formula is C16H12ClIN2O2. The Kier molecular flexibility index (Phi) is 4.35. The molecule has 1 aliphatic rings. The van der Waals surface area contributed by atoms with Crippen LogP contribution in [0, 0.1) is 3.57 Å². The number of halogens is 2. The zero-order chi connectivity index (χ0) is 15.7. The summed E-state index contributed by atoms with van der Waals surface area (Å²) < 4.78 is 0.935. The largest absolute Gasteiger partial charge is 0.340 e. The Balaban J connectivity index is 1.89. The number of rotatable bonds is 2. The summed E-state index contributed by atoms with van der Waals surface area (Å²) in [7, 11) is 0. The highest BCUT2D eigenvalue weighted by molar-refractivity contribution is 14.1. The van der Waals surface area contributed by atoms with Crippen LogP contribution in [0.4, 0.5) is 5.69 Å². The summed E-state index contributed by atoms with van der Waals surface area (Å²) in [6.45, 7) is 0. The summed E-state index contributed by atoms with van der Waals surface area (Å²) in [5.74, 6) is -0.503. The van der Waals surface area contributed by atoms with Crippen LogP contribution in [0.1, 0.15) is 15.9 Å². The summed E-state index contributed by atoms with van der Waals surface area (Å²) in [4.78, 5) is 24.7. The SMILES string of the molecule is O=C1NC(Cc2ccccc2Cl)C(=O)Nc2ccc(I)cc21. The van der Waals surface area contributed by atoms with Gasteiger partial charge in [0.25, 0.3) is 5.91 Å². The van der Waals surface area contributed by atoms with E-state index >= 15 is 0 Å². The maximum absolute atomic E-state index is 12.4. The lowest BCUT2D eigenvalue weighted by Crippen LogP contribution is -2.42. The van der Waals surface area contributed by atoms with E-state index in [4.69, 9.17) is 11.6 Å². The first-order chi connectivity index (χ1) is 10.5. The molecule has 0 saturated carbocycles. The smallest absolute Gasteiger partial charge is 0.254 e. The van der Waals surface area contributed by atoms with Crippen LogP contribution in [0.25, 0.3) is 0 Å². The van der Waals surface area contributed by atoms with E-state index in [0.29, 0.717) is 22.7 Å². The molecule has 4 nitrogen and oxygen atoms in total. The number of hydrogen-bond donors (Lipinski definition) is 2. The molecule has 1 unspecified atom stereocenters. The monoisotopic (exact) mass is 426 g/mol. The molecule has 1 atom stereocenters. The van der Waals surface area contributed by atoms with Gasteiger partial charge in [0, 0.05) is 15.0 Å². The molecule has 2 aromatic carbocycles. The van der Waals surface area contributed by atoms with Gasteiger partial charge in [-0.3, -0.25) is 9.59 Å². The van der Waals surface area contributed by atoms with Crippen LogP contribution in [-0.2, 0) is 11.2 Å². The van der Waals surface area contributed by atoms with Gasteiger partial charge in [0.1, 0.15) is 6.04 Å². The quantitative estimate of drug-likeness (QED) is 0.725. The third-order valence-electron chi connectivity index (χ3n) is 3.49. The summed E-state index contributed by atoms with van der Waals surface area (Å²) in [5.41, 5.74) is 1.83. The molecule has 6 heteroatoms. The van der Waals surface area contributed by atoms with Crippen molar-refractivity contribution in [3.8, 4) is 0 Å². The van der Waals surface area contributed by atoms with Crippen LogP contribution in [0.2, 0.25) is 5.02 Å². The zero-order valence-electron chi connectivity index (χ0n) is 11.4. The van der Waals surface area contributed by atoms with Gasteiger partial charge in [0.05, 0.1) is 11.3 Å². The molecule has 0 spiro atoms. The van der Waals surface area contributed by atoms with E-state index in [1.54, 1.807) is 18.2 Å². The van der Waals surface area contributed by atoms with Crippen molar-refractivity contribution >= 4 is 51.7 Å². The zero-order valence-corrected chi connectivity index (χ0v) is 14.3. The van der Waals surface area contributed by atoms with Crippen LogP contribution in [0.5, 0.6) is 0 Å². The topological polar surface area (TPSA) is 58.2 Å². The second-order valence-electron chi connectivity index (χ2n) is 5.00. The number of fused-ring (bicyclic) bond motifs is 1. The van der Waals surface area contributed by atoms with Gasteiger partial charge in [-0.15, -0.1) is 0 Å². The maximum Gasteiger partial charge on any atom is 0.254 e. The maximum atomic E-state index is 12.4. The molecule has 1 aliphatic heterocycles. The number of benzene rings is 2. The van der Waals surface area contributed by atoms with Crippen LogP contribution in [-0.4, -0.2) is 17.9 Å². The molecule has 2 amide bonds. The minimum absolute atomic E-state index is 0.242. The molecule has 2 N–H and O–H groups in total. The highest BCUT2D eigenvalue weighted by atomic mass is 127. The number of anilines is 1. The van der Waals surface area contributed by atoms with Crippen molar-refractivity contribution in [1.82, 2.24) is 5.32 Å². The minimum Gasteiger partial charge on any atom is -0.340 e. The lowest BCUT2D eigenvalue weighted by atomic mass is 10.1. The van der Waals surface area contributed by atoms with E-state index in [2.05, 4.69) is 33.2 Å². The van der Waals surface area contributed by atoms with Crippen LogP contribution in [0.3, 0.4) is 0 Å². The Morgan fingerprint density at radius 2 is 1.91 bits per heavy atom. The normalized spacial score (nSPS) is 17.3. The Labute approximate surface area is 146 Å². The van der Waals surface area contributed by atoms with Gasteiger partial charge >= 0.3 is 0 Å². The molecule has 0 radical (unpaired) electrons. The Morgan fingerprint density at radius 3 is 2.68 bits per heavy atom. The van der Waals surface area contributed by atoms with E-state index in [0.717, 1.165) is 9.13 Å². The molecule has 0 aromatic heterocycles. The summed E-state index contributed by atoms with van der Waals surface area (Å²) in [6.07, 6.45) is 0.350. The third kappa shape index (κ3) is 3.10. The molecule has 0 saturated heterocycles. The van der Waals surface area contributed by atoms with Gasteiger partial charge in [0.15, 0.2) is 0 Å². The Morgan fingerprint density at radius 1 is 1.14 bits per heavy atom. The van der Waals surface area contributed by atoms with Gasteiger partial charge in [-0.25, -0.2) is 0 Å². The average molecular weight is 427 g/mol. The molecule has 0 aliphatic carbocycles. The molecule has 22 heavy (non-hydrogen) atoms. The highest BCUT2D eigenvalue weighted by Crippen LogP contribution is 2.23. The van der Waals surface area contributed by atoms with Crippen molar-refractivity contribution < 1.29 is 9.59 Å². The lowest BCUT2D eigenvalue weighted by Gasteiger charge is -2.15. The van der Waals surface area contributed by atoms with Gasteiger partial charge in [0.2, 0.25) is 5.91 Å². The summed E-state index contributed by atoms with van der Waals surface area (Å²) in [6, 6.07) is 12.0. The predicted molar refractivity (Wildman–Crippen MR) is 94.2 cm³/mol.